The monoisotopic (exact) mass is 354 g/mol. The zero-order valence-electron chi connectivity index (χ0n) is 13.6. The topological polar surface area (TPSA) is 24.5 Å². The Balaban J connectivity index is 2.11. The van der Waals surface area contributed by atoms with Crippen LogP contribution in [-0.2, 0) is 11.3 Å². The second-order valence-corrected chi connectivity index (χ2v) is 7.57. The van der Waals surface area contributed by atoms with E-state index >= 15 is 0 Å². The fraction of sp³-hybridized carbons (Fsp3) is 0.647. The highest BCUT2D eigenvalue weighted by Crippen LogP contribution is 2.30. The van der Waals surface area contributed by atoms with Crippen LogP contribution in [0.3, 0.4) is 0 Å². The molecule has 1 fully saturated rings. The minimum absolute atomic E-state index is 0.142. The zero-order valence-corrected chi connectivity index (χ0v) is 15.2. The van der Waals surface area contributed by atoms with Crippen molar-refractivity contribution in [2.24, 2.45) is 0 Å². The van der Waals surface area contributed by atoms with Gasteiger partial charge in [-0.1, -0.05) is 13.0 Å². The van der Waals surface area contributed by atoms with Gasteiger partial charge < -0.3 is 15.0 Å². The molecule has 0 bridgehead atoms. The molecule has 21 heavy (non-hydrogen) atoms. The molecule has 1 unspecified atom stereocenters. The van der Waals surface area contributed by atoms with E-state index in [9.17, 15) is 0 Å². The third-order valence-electron chi connectivity index (χ3n) is 3.84. The van der Waals surface area contributed by atoms with E-state index in [1.807, 2.05) is 0 Å². The van der Waals surface area contributed by atoms with E-state index in [0.717, 1.165) is 32.7 Å². The largest absolute Gasteiger partial charge is 0.377 e. The second-order valence-electron chi connectivity index (χ2n) is 6.72. The first-order chi connectivity index (χ1) is 9.90. The summed E-state index contributed by atoms with van der Waals surface area (Å²) in [5.74, 6) is 0. The number of ether oxygens (including phenoxy) is 1. The van der Waals surface area contributed by atoms with E-state index in [4.69, 9.17) is 4.74 Å². The number of nitrogens with one attached hydrogen (secondary N) is 1. The Bertz CT molecular complexity index is 470. The van der Waals surface area contributed by atoms with Crippen molar-refractivity contribution in [1.29, 1.82) is 0 Å². The summed E-state index contributed by atoms with van der Waals surface area (Å²) in [6, 6.07) is 7.17. The van der Waals surface area contributed by atoms with Gasteiger partial charge in [0.1, 0.15) is 0 Å². The van der Waals surface area contributed by atoms with Crippen LogP contribution in [0.25, 0.3) is 0 Å². The minimum atomic E-state index is 0.142. The van der Waals surface area contributed by atoms with Crippen molar-refractivity contribution in [3.8, 4) is 0 Å². The number of morpholine rings is 1. The smallest absolute Gasteiger partial charge is 0.0670 e. The molecule has 0 radical (unpaired) electrons. The summed E-state index contributed by atoms with van der Waals surface area (Å²) >= 11 is 3.75. The predicted molar refractivity (Wildman–Crippen MR) is 93.0 cm³/mol. The lowest BCUT2D eigenvalue weighted by atomic mass is 10.1. The van der Waals surface area contributed by atoms with Gasteiger partial charge in [-0.3, -0.25) is 0 Å². The number of nitrogens with zero attached hydrogens (tertiary/aromatic N) is 1. The van der Waals surface area contributed by atoms with Crippen molar-refractivity contribution in [3.63, 3.8) is 0 Å². The van der Waals surface area contributed by atoms with Crippen LogP contribution in [0.5, 0.6) is 0 Å². The molecule has 1 aromatic rings. The molecule has 0 spiro atoms. The molecule has 1 atom stereocenters. The standard InChI is InChI=1S/C17H27BrN2O/c1-5-14-12-21-9-8-20(14)16-7-6-13(10-15(16)18)11-19-17(2,3)4/h6-7,10,14,19H,5,8-9,11-12H2,1-4H3. The molecule has 1 aromatic carbocycles. The molecule has 0 saturated carbocycles. The van der Waals surface area contributed by atoms with Crippen LogP contribution in [0, 0.1) is 0 Å². The molecule has 1 saturated heterocycles. The number of hydrogen-bond donors (Lipinski definition) is 1. The van der Waals surface area contributed by atoms with Gasteiger partial charge >= 0.3 is 0 Å². The number of anilines is 1. The summed E-state index contributed by atoms with van der Waals surface area (Å²) in [7, 11) is 0. The molecule has 3 nitrogen and oxygen atoms in total. The molecule has 118 valence electrons. The highest BCUT2D eigenvalue weighted by molar-refractivity contribution is 9.10. The average Bonchev–Trinajstić information content (AvgIpc) is 2.44. The van der Waals surface area contributed by atoms with Gasteiger partial charge in [-0.15, -0.1) is 0 Å². The lowest BCUT2D eigenvalue weighted by Gasteiger charge is -2.37. The van der Waals surface area contributed by atoms with Gasteiger partial charge in [0.15, 0.2) is 0 Å². The first-order valence-electron chi connectivity index (χ1n) is 7.78. The summed E-state index contributed by atoms with van der Waals surface area (Å²) in [6.07, 6.45) is 1.11. The maximum atomic E-state index is 5.60. The van der Waals surface area contributed by atoms with Crippen LogP contribution >= 0.6 is 15.9 Å². The van der Waals surface area contributed by atoms with Crippen LogP contribution < -0.4 is 10.2 Å². The predicted octanol–water partition coefficient (Wildman–Crippen LogP) is 3.95. The fourth-order valence-electron chi connectivity index (χ4n) is 2.57. The first-order valence-corrected chi connectivity index (χ1v) is 8.58. The lowest BCUT2D eigenvalue weighted by Crippen LogP contribution is -2.45. The van der Waals surface area contributed by atoms with Gasteiger partial charge in [0.25, 0.3) is 0 Å². The summed E-state index contributed by atoms with van der Waals surface area (Å²) in [6.45, 7) is 12.3. The van der Waals surface area contributed by atoms with Crippen molar-refractivity contribution in [1.82, 2.24) is 5.32 Å². The Morgan fingerprint density at radius 2 is 2.14 bits per heavy atom. The number of hydrogen-bond acceptors (Lipinski definition) is 3. The molecular weight excluding hydrogens is 328 g/mol. The van der Waals surface area contributed by atoms with Gasteiger partial charge in [0, 0.05) is 23.1 Å². The van der Waals surface area contributed by atoms with Crippen molar-refractivity contribution in [2.75, 3.05) is 24.7 Å². The van der Waals surface area contributed by atoms with E-state index in [-0.39, 0.29) is 5.54 Å². The Hall–Kier alpha value is -0.580. The van der Waals surface area contributed by atoms with Gasteiger partial charge in [-0.25, -0.2) is 0 Å². The molecule has 1 heterocycles. The Labute approximate surface area is 137 Å². The van der Waals surface area contributed by atoms with Crippen molar-refractivity contribution < 1.29 is 4.74 Å². The minimum Gasteiger partial charge on any atom is -0.377 e. The third-order valence-corrected chi connectivity index (χ3v) is 4.48. The van der Waals surface area contributed by atoms with Crippen molar-refractivity contribution >= 4 is 21.6 Å². The normalized spacial score (nSPS) is 19.9. The molecule has 0 aliphatic carbocycles. The number of rotatable bonds is 4. The van der Waals surface area contributed by atoms with Gasteiger partial charge in [-0.2, -0.15) is 0 Å². The van der Waals surface area contributed by atoms with E-state index in [1.165, 1.54) is 15.7 Å². The Morgan fingerprint density at radius 1 is 1.38 bits per heavy atom. The highest BCUT2D eigenvalue weighted by atomic mass is 79.9. The van der Waals surface area contributed by atoms with Gasteiger partial charge in [0.2, 0.25) is 0 Å². The van der Waals surface area contributed by atoms with Gasteiger partial charge in [-0.05, 0) is 60.8 Å². The lowest BCUT2D eigenvalue weighted by molar-refractivity contribution is 0.0929. The fourth-order valence-corrected chi connectivity index (χ4v) is 3.22. The van der Waals surface area contributed by atoms with E-state index < -0.39 is 0 Å². The second kappa shape index (κ2) is 7.12. The van der Waals surface area contributed by atoms with Crippen molar-refractivity contribution in [3.05, 3.63) is 28.2 Å². The zero-order chi connectivity index (χ0) is 15.5. The van der Waals surface area contributed by atoms with Crippen LogP contribution in [0.4, 0.5) is 5.69 Å². The number of halogens is 1. The molecule has 1 aliphatic heterocycles. The van der Waals surface area contributed by atoms with Crippen LogP contribution in [0.1, 0.15) is 39.7 Å². The molecule has 1 N–H and O–H groups in total. The third kappa shape index (κ3) is 4.70. The van der Waals surface area contributed by atoms with Crippen LogP contribution in [-0.4, -0.2) is 31.3 Å². The molecule has 1 aliphatic rings. The molecule has 0 aromatic heterocycles. The highest BCUT2D eigenvalue weighted by Gasteiger charge is 2.23. The van der Waals surface area contributed by atoms with Crippen molar-refractivity contribution in [2.45, 2.75) is 52.2 Å². The summed E-state index contributed by atoms with van der Waals surface area (Å²) < 4.78 is 6.77. The molecule has 4 heteroatoms. The SMILES string of the molecule is CCC1COCCN1c1ccc(CNC(C)(C)C)cc1Br. The molecule has 2 rings (SSSR count). The van der Waals surface area contributed by atoms with E-state index in [0.29, 0.717) is 6.04 Å². The van der Waals surface area contributed by atoms with Crippen LogP contribution in [0.15, 0.2) is 22.7 Å². The first kappa shape index (κ1) is 16.8. The Kier molecular flexibility index (Phi) is 5.69. The number of benzene rings is 1. The summed E-state index contributed by atoms with van der Waals surface area (Å²) in [5.41, 5.74) is 2.73. The quantitative estimate of drug-likeness (QED) is 0.885. The molecular formula is C17H27BrN2O. The summed E-state index contributed by atoms with van der Waals surface area (Å²) in [5, 5.41) is 3.53. The maximum Gasteiger partial charge on any atom is 0.0670 e. The Morgan fingerprint density at radius 3 is 2.76 bits per heavy atom. The van der Waals surface area contributed by atoms with E-state index in [2.05, 4.69) is 72.0 Å². The summed E-state index contributed by atoms with van der Waals surface area (Å²) in [4.78, 5) is 2.47. The van der Waals surface area contributed by atoms with E-state index in [1.54, 1.807) is 0 Å². The maximum absolute atomic E-state index is 5.60. The van der Waals surface area contributed by atoms with Crippen LogP contribution in [0.2, 0.25) is 0 Å². The van der Waals surface area contributed by atoms with Gasteiger partial charge in [0.05, 0.1) is 24.9 Å². The molecule has 0 amide bonds. The average molecular weight is 355 g/mol.